The van der Waals surface area contributed by atoms with Gasteiger partial charge in [0.25, 0.3) is 0 Å². The smallest absolute Gasteiger partial charge is 0.315 e. The van der Waals surface area contributed by atoms with Crippen LogP contribution in [0.4, 0.5) is 4.79 Å². The summed E-state index contributed by atoms with van der Waals surface area (Å²) in [5, 5.41) is 5.84. The van der Waals surface area contributed by atoms with E-state index < -0.39 is 10.0 Å². The second-order valence-electron chi connectivity index (χ2n) is 6.68. The van der Waals surface area contributed by atoms with Crippen molar-refractivity contribution in [1.29, 1.82) is 0 Å². The van der Waals surface area contributed by atoms with Gasteiger partial charge in [-0.15, -0.1) is 0 Å². The molecule has 0 spiro atoms. The number of ether oxygens (including phenoxy) is 2. The fraction of sp³-hybridized carbons (Fsp3) is 0.588. The van der Waals surface area contributed by atoms with Gasteiger partial charge >= 0.3 is 6.03 Å². The third kappa shape index (κ3) is 4.59. The number of carbonyl (C=O) groups is 1. The van der Waals surface area contributed by atoms with E-state index in [1.165, 1.54) is 10.6 Å². The Morgan fingerprint density at radius 2 is 1.85 bits per heavy atom. The molecule has 1 aromatic carbocycles. The number of carbonyl (C=O) groups excluding carboxylic acids is 1. The summed E-state index contributed by atoms with van der Waals surface area (Å²) < 4.78 is 35.6. The Morgan fingerprint density at radius 3 is 2.50 bits per heavy atom. The first-order chi connectivity index (χ1) is 12.3. The summed E-state index contributed by atoms with van der Waals surface area (Å²) in [4.78, 5) is 12.3. The minimum atomic E-state index is -3.16. The zero-order valence-corrected chi connectivity index (χ0v) is 15.8. The van der Waals surface area contributed by atoms with Crippen molar-refractivity contribution in [3.63, 3.8) is 0 Å². The van der Waals surface area contributed by atoms with Crippen LogP contribution in [0.25, 0.3) is 0 Å². The number of nitrogens with one attached hydrogen (secondary N) is 2. The van der Waals surface area contributed by atoms with Gasteiger partial charge in [0.1, 0.15) is 13.2 Å². The first kappa shape index (κ1) is 18.8. The van der Waals surface area contributed by atoms with Crippen LogP contribution in [0, 0.1) is 0 Å². The molecule has 0 unspecified atom stereocenters. The predicted molar refractivity (Wildman–Crippen MR) is 97.0 cm³/mol. The van der Waals surface area contributed by atoms with Gasteiger partial charge in [-0.1, -0.05) is 6.07 Å². The summed E-state index contributed by atoms with van der Waals surface area (Å²) in [7, 11) is -3.16. The standard InChI is InChI=1S/C17H25N3O5S/c1-12(13-3-4-15-16(11-13)25-10-9-24-15)18-17(21)19-14-5-7-20(8-6-14)26(2,22)23/h3-4,11-12,14H,5-10H2,1-2H3,(H2,18,19,21)/t12-/m1/s1. The molecule has 8 nitrogen and oxygen atoms in total. The van der Waals surface area contributed by atoms with Crippen LogP contribution in [0.5, 0.6) is 11.5 Å². The molecule has 144 valence electrons. The third-order valence-corrected chi connectivity index (χ3v) is 5.98. The van der Waals surface area contributed by atoms with Crippen molar-refractivity contribution in [1.82, 2.24) is 14.9 Å². The highest BCUT2D eigenvalue weighted by molar-refractivity contribution is 7.88. The Morgan fingerprint density at radius 1 is 1.19 bits per heavy atom. The van der Waals surface area contributed by atoms with Gasteiger partial charge in [-0.2, -0.15) is 0 Å². The molecule has 3 rings (SSSR count). The van der Waals surface area contributed by atoms with Gasteiger partial charge < -0.3 is 20.1 Å². The fourth-order valence-corrected chi connectivity index (χ4v) is 4.04. The van der Waals surface area contributed by atoms with Gasteiger partial charge in [0.15, 0.2) is 11.5 Å². The molecule has 2 aliphatic heterocycles. The van der Waals surface area contributed by atoms with E-state index in [2.05, 4.69) is 10.6 Å². The Kier molecular flexibility index (Phi) is 5.57. The molecule has 1 atom stereocenters. The van der Waals surface area contributed by atoms with Gasteiger partial charge in [-0.3, -0.25) is 0 Å². The summed E-state index contributed by atoms with van der Waals surface area (Å²) in [6, 6.07) is 5.15. The molecule has 1 saturated heterocycles. The van der Waals surface area contributed by atoms with Crippen LogP contribution in [-0.2, 0) is 10.0 Å². The lowest BCUT2D eigenvalue weighted by Gasteiger charge is -2.31. The van der Waals surface area contributed by atoms with E-state index in [1.807, 2.05) is 25.1 Å². The van der Waals surface area contributed by atoms with Crippen molar-refractivity contribution >= 4 is 16.1 Å². The third-order valence-electron chi connectivity index (χ3n) is 4.67. The van der Waals surface area contributed by atoms with E-state index in [9.17, 15) is 13.2 Å². The molecule has 0 bridgehead atoms. The molecule has 2 aliphatic rings. The summed E-state index contributed by atoms with van der Waals surface area (Å²) in [6.45, 7) is 3.83. The number of piperidine rings is 1. The molecule has 2 amide bonds. The normalized spacial score (nSPS) is 19.6. The molecule has 0 radical (unpaired) electrons. The average molecular weight is 383 g/mol. The van der Waals surface area contributed by atoms with Crippen molar-refractivity contribution in [2.45, 2.75) is 31.8 Å². The minimum absolute atomic E-state index is 0.0273. The quantitative estimate of drug-likeness (QED) is 0.815. The number of fused-ring (bicyclic) bond motifs is 1. The number of sulfonamides is 1. The molecule has 1 fully saturated rings. The lowest BCUT2D eigenvalue weighted by atomic mass is 10.1. The summed E-state index contributed by atoms with van der Waals surface area (Å²) >= 11 is 0. The summed E-state index contributed by atoms with van der Waals surface area (Å²) in [5.41, 5.74) is 0.927. The van der Waals surface area contributed by atoms with Crippen LogP contribution in [0.15, 0.2) is 18.2 Å². The van der Waals surface area contributed by atoms with Crippen LogP contribution in [0.2, 0.25) is 0 Å². The average Bonchev–Trinajstić information content (AvgIpc) is 2.61. The maximum absolute atomic E-state index is 12.3. The highest BCUT2D eigenvalue weighted by atomic mass is 32.2. The molecule has 0 aromatic heterocycles. The molecule has 2 N–H and O–H groups in total. The van der Waals surface area contributed by atoms with Crippen molar-refractivity contribution in [3.05, 3.63) is 23.8 Å². The molecular formula is C17H25N3O5S. The summed E-state index contributed by atoms with van der Waals surface area (Å²) in [5.74, 6) is 1.41. The van der Waals surface area contributed by atoms with Gasteiger partial charge in [-0.25, -0.2) is 17.5 Å². The first-order valence-electron chi connectivity index (χ1n) is 8.74. The second-order valence-corrected chi connectivity index (χ2v) is 8.66. The Hall–Kier alpha value is -2.00. The topological polar surface area (TPSA) is 97.0 Å². The fourth-order valence-electron chi connectivity index (χ4n) is 3.17. The highest BCUT2D eigenvalue weighted by Crippen LogP contribution is 2.32. The van der Waals surface area contributed by atoms with Crippen molar-refractivity contribution < 1.29 is 22.7 Å². The largest absolute Gasteiger partial charge is 0.486 e. The van der Waals surface area contributed by atoms with Crippen LogP contribution in [0.1, 0.15) is 31.4 Å². The van der Waals surface area contributed by atoms with Crippen molar-refractivity contribution in [2.75, 3.05) is 32.6 Å². The van der Waals surface area contributed by atoms with Crippen LogP contribution < -0.4 is 20.1 Å². The molecule has 0 saturated carbocycles. The predicted octanol–water partition coefficient (Wildman–Crippen LogP) is 1.24. The van der Waals surface area contributed by atoms with Gasteiger partial charge in [-0.05, 0) is 37.5 Å². The number of hydrogen-bond acceptors (Lipinski definition) is 5. The lowest BCUT2D eigenvalue weighted by Crippen LogP contribution is -2.49. The van der Waals surface area contributed by atoms with Crippen molar-refractivity contribution in [2.24, 2.45) is 0 Å². The number of rotatable bonds is 4. The number of urea groups is 1. The number of benzene rings is 1. The molecule has 9 heteroatoms. The van der Waals surface area contributed by atoms with E-state index in [-0.39, 0.29) is 18.1 Å². The van der Waals surface area contributed by atoms with Crippen molar-refractivity contribution in [3.8, 4) is 11.5 Å². The molecule has 2 heterocycles. The van der Waals surface area contributed by atoms with E-state index in [4.69, 9.17) is 9.47 Å². The zero-order chi connectivity index (χ0) is 18.7. The summed E-state index contributed by atoms with van der Waals surface area (Å²) in [6.07, 6.45) is 2.43. The number of nitrogens with zero attached hydrogens (tertiary/aromatic N) is 1. The van der Waals surface area contributed by atoms with Gasteiger partial charge in [0.05, 0.1) is 12.3 Å². The monoisotopic (exact) mass is 383 g/mol. The number of amides is 2. The molecule has 1 aromatic rings. The first-order valence-corrected chi connectivity index (χ1v) is 10.6. The Balaban J connectivity index is 1.50. The lowest BCUT2D eigenvalue weighted by molar-refractivity contribution is 0.171. The maximum atomic E-state index is 12.3. The molecule has 0 aliphatic carbocycles. The second kappa shape index (κ2) is 7.71. The SMILES string of the molecule is C[C@@H](NC(=O)NC1CCN(S(C)(=O)=O)CC1)c1ccc2c(c1)OCCO2. The molecule has 26 heavy (non-hydrogen) atoms. The van der Waals surface area contributed by atoms with E-state index in [1.54, 1.807) is 0 Å². The Bertz CT molecular complexity index is 760. The van der Waals surface area contributed by atoms with E-state index >= 15 is 0 Å². The highest BCUT2D eigenvalue weighted by Gasteiger charge is 2.26. The van der Waals surface area contributed by atoms with Gasteiger partial charge in [0.2, 0.25) is 10.0 Å². The van der Waals surface area contributed by atoms with Crippen LogP contribution in [-0.4, -0.2) is 57.4 Å². The minimum Gasteiger partial charge on any atom is -0.486 e. The van der Waals surface area contributed by atoms with E-state index in [0.717, 1.165) is 5.56 Å². The maximum Gasteiger partial charge on any atom is 0.315 e. The number of hydrogen-bond donors (Lipinski definition) is 2. The van der Waals surface area contributed by atoms with Crippen LogP contribution >= 0.6 is 0 Å². The van der Waals surface area contributed by atoms with Crippen LogP contribution in [0.3, 0.4) is 0 Å². The Labute approximate surface area is 153 Å². The van der Waals surface area contributed by atoms with E-state index in [0.29, 0.717) is 50.6 Å². The zero-order valence-electron chi connectivity index (χ0n) is 15.0. The van der Waals surface area contributed by atoms with Gasteiger partial charge in [0, 0.05) is 19.1 Å². The molecular weight excluding hydrogens is 358 g/mol.